The van der Waals surface area contributed by atoms with Gasteiger partial charge in [-0.25, -0.2) is 4.39 Å². The molecule has 0 amide bonds. The van der Waals surface area contributed by atoms with Crippen molar-refractivity contribution in [2.75, 3.05) is 13.1 Å². The van der Waals surface area contributed by atoms with Crippen molar-refractivity contribution >= 4 is 15.9 Å². The highest BCUT2D eigenvalue weighted by atomic mass is 79.9. The Morgan fingerprint density at radius 1 is 1.53 bits per heavy atom. The number of rotatable bonds is 5. The summed E-state index contributed by atoms with van der Waals surface area (Å²) >= 11 is 3.23. The van der Waals surface area contributed by atoms with Crippen LogP contribution in [0, 0.1) is 5.82 Å². The number of hydrogen-bond donors (Lipinski definition) is 2. The van der Waals surface area contributed by atoms with Crippen molar-refractivity contribution in [3.05, 3.63) is 34.1 Å². The molecule has 0 spiro atoms. The molecule has 0 saturated heterocycles. The molecule has 2 nitrogen and oxygen atoms in total. The summed E-state index contributed by atoms with van der Waals surface area (Å²) in [4.78, 5) is 0. The Morgan fingerprint density at radius 3 is 2.87 bits per heavy atom. The summed E-state index contributed by atoms with van der Waals surface area (Å²) < 4.78 is 13.4. The van der Waals surface area contributed by atoms with Crippen LogP contribution in [0.4, 0.5) is 4.39 Å². The van der Waals surface area contributed by atoms with Gasteiger partial charge >= 0.3 is 0 Å². The van der Waals surface area contributed by atoms with Crippen LogP contribution in [0.2, 0.25) is 0 Å². The molecule has 84 valence electrons. The van der Waals surface area contributed by atoms with Crippen LogP contribution in [0.1, 0.15) is 25.0 Å². The highest BCUT2D eigenvalue weighted by molar-refractivity contribution is 9.10. The Bertz CT molecular complexity index is 319. The van der Waals surface area contributed by atoms with Crippen molar-refractivity contribution in [2.45, 2.75) is 19.4 Å². The second-order valence-electron chi connectivity index (χ2n) is 3.39. The van der Waals surface area contributed by atoms with Crippen LogP contribution >= 0.6 is 15.9 Å². The van der Waals surface area contributed by atoms with E-state index in [1.807, 2.05) is 0 Å². The summed E-state index contributed by atoms with van der Waals surface area (Å²) in [5, 5.41) is 12.9. The zero-order valence-electron chi connectivity index (χ0n) is 8.63. The zero-order valence-corrected chi connectivity index (χ0v) is 10.2. The molecule has 0 aromatic heterocycles. The van der Waals surface area contributed by atoms with Crippen molar-refractivity contribution in [3.63, 3.8) is 0 Å². The fourth-order valence-corrected chi connectivity index (χ4v) is 1.91. The van der Waals surface area contributed by atoms with Gasteiger partial charge in [-0.1, -0.05) is 28.9 Å². The largest absolute Gasteiger partial charge is 0.387 e. The van der Waals surface area contributed by atoms with Gasteiger partial charge in [0, 0.05) is 11.0 Å². The van der Waals surface area contributed by atoms with E-state index in [9.17, 15) is 9.50 Å². The van der Waals surface area contributed by atoms with E-state index in [0.29, 0.717) is 16.6 Å². The third kappa shape index (κ3) is 3.89. The Kier molecular flexibility index (Phi) is 5.22. The van der Waals surface area contributed by atoms with Gasteiger partial charge in [0.05, 0.1) is 6.10 Å². The van der Waals surface area contributed by atoms with Crippen molar-refractivity contribution < 1.29 is 9.50 Å². The van der Waals surface area contributed by atoms with E-state index in [1.54, 1.807) is 6.07 Å². The molecule has 15 heavy (non-hydrogen) atoms. The molecule has 4 heteroatoms. The molecule has 0 aliphatic carbocycles. The minimum atomic E-state index is -0.605. The summed E-state index contributed by atoms with van der Waals surface area (Å²) in [6.07, 6.45) is 0.420. The van der Waals surface area contributed by atoms with Gasteiger partial charge in [0.15, 0.2) is 0 Å². The first-order valence-electron chi connectivity index (χ1n) is 4.99. The highest BCUT2D eigenvalue weighted by Crippen LogP contribution is 2.23. The Labute approximate surface area is 97.6 Å². The monoisotopic (exact) mass is 275 g/mol. The first kappa shape index (κ1) is 12.6. The third-order valence-corrected chi connectivity index (χ3v) is 2.77. The smallest absolute Gasteiger partial charge is 0.124 e. The van der Waals surface area contributed by atoms with Crippen LogP contribution in [0.3, 0.4) is 0 Å². The van der Waals surface area contributed by atoms with Crippen molar-refractivity contribution in [1.82, 2.24) is 5.32 Å². The first-order valence-corrected chi connectivity index (χ1v) is 5.78. The second kappa shape index (κ2) is 6.20. The molecule has 2 N–H and O–H groups in total. The van der Waals surface area contributed by atoms with E-state index in [2.05, 4.69) is 28.2 Å². The SMILES string of the molecule is CCCNCC(O)c1ccc(F)cc1Br. The number of hydrogen-bond acceptors (Lipinski definition) is 2. The predicted octanol–water partition coefficient (Wildman–Crippen LogP) is 2.62. The maximum absolute atomic E-state index is 12.8. The van der Waals surface area contributed by atoms with Crippen molar-refractivity contribution in [2.24, 2.45) is 0 Å². The third-order valence-electron chi connectivity index (χ3n) is 2.09. The quantitative estimate of drug-likeness (QED) is 0.810. The fraction of sp³-hybridized carbons (Fsp3) is 0.455. The maximum atomic E-state index is 12.8. The van der Waals surface area contributed by atoms with Gasteiger partial charge < -0.3 is 10.4 Å². The summed E-state index contributed by atoms with van der Waals surface area (Å²) in [7, 11) is 0. The maximum Gasteiger partial charge on any atom is 0.124 e. The lowest BCUT2D eigenvalue weighted by atomic mass is 10.1. The number of benzene rings is 1. The minimum absolute atomic E-state index is 0.306. The number of aliphatic hydroxyl groups excluding tert-OH is 1. The molecule has 0 saturated carbocycles. The molecule has 1 unspecified atom stereocenters. The van der Waals surface area contributed by atoms with E-state index in [1.165, 1.54) is 12.1 Å². The molecular formula is C11H15BrFNO. The standard InChI is InChI=1S/C11H15BrFNO/c1-2-5-14-7-11(15)9-4-3-8(13)6-10(9)12/h3-4,6,11,14-15H,2,5,7H2,1H3. The van der Waals surface area contributed by atoms with E-state index < -0.39 is 6.10 Å². The minimum Gasteiger partial charge on any atom is -0.387 e. The van der Waals surface area contributed by atoms with Crippen LogP contribution in [0.25, 0.3) is 0 Å². The lowest BCUT2D eigenvalue weighted by Crippen LogP contribution is -2.22. The molecule has 0 radical (unpaired) electrons. The number of nitrogens with one attached hydrogen (secondary N) is 1. The second-order valence-corrected chi connectivity index (χ2v) is 4.24. The topological polar surface area (TPSA) is 32.3 Å². The van der Waals surface area contributed by atoms with Crippen LogP contribution < -0.4 is 5.32 Å². The van der Waals surface area contributed by atoms with Gasteiger partial charge in [-0.3, -0.25) is 0 Å². The summed E-state index contributed by atoms with van der Waals surface area (Å²) in [5.41, 5.74) is 0.708. The van der Waals surface area contributed by atoms with E-state index in [-0.39, 0.29) is 5.82 Å². The molecule has 0 heterocycles. The molecule has 0 aliphatic heterocycles. The van der Waals surface area contributed by atoms with Crippen LogP contribution in [0.15, 0.2) is 22.7 Å². The van der Waals surface area contributed by atoms with Crippen LogP contribution in [0.5, 0.6) is 0 Å². The Morgan fingerprint density at radius 2 is 2.27 bits per heavy atom. The summed E-state index contributed by atoms with van der Waals surface area (Å²) in [6.45, 7) is 3.42. The van der Waals surface area contributed by atoms with Crippen LogP contribution in [-0.2, 0) is 0 Å². The normalized spacial score (nSPS) is 12.8. The van der Waals surface area contributed by atoms with Gasteiger partial charge in [0.25, 0.3) is 0 Å². The van der Waals surface area contributed by atoms with Gasteiger partial charge in [0.2, 0.25) is 0 Å². The van der Waals surface area contributed by atoms with E-state index in [4.69, 9.17) is 0 Å². The van der Waals surface area contributed by atoms with Gasteiger partial charge in [-0.05, 0) is 30.7 Å². The molecule has 1 aromatic rings. The molecule has 1 rings (SSSR count). The molecule has 0 bridgehead atoms. The molecular weight excluding hydrogens is 261 g/mol. The Balaban J connectivity index is 2.61. The molecule has 1 aromatic carbocycles. The summed E-state index contributed by atoms with van der Waals surface area (Å²) in [6, 6.07) is 4.30. The fourth-order valence-electron chi connectivity index (χ4n) is 1.30. The Hall–Kier alpha value is -0.450. The number of halogens is 2. The predicted molar refractivity (Wildman–Crippen MR) is 62.2 cm³/mol. The lowest BCUT2D eigenvalue weighted by molar-refractivity contribution is 0.174. The zero-order chi connectivity index (χ0) is 11.3. The average Bonchev–Trinajstić information content (AvgIpc) is 2.17. The van der Waals surface area contributed by atoms with Crippen molar-refractivity contribution in [3.8, 4) is 0 Å². The van der Waals surface area contributed by atoms with Crippen molar-refractivity contribution in [1.29, 1.82) is 0 Å². The van der Waals surface area contributed by atoms with Gasteiger partial charge in [-0.15, -0.1) is 0 Å². The van der Waals surface area contributed by atoms with Gasteiger partial charge in [0.1, 0.15) is 5.82 Å². The molecule has 0 aliphatic rings. The molecule has 0 fully saturated rings. The first-order chi connectivity index (χ1) is 7.15. The lowest BCUT2D eigenvalue weighted by Gasteiger charge is -2.13. The molecule has 1 atom stereocenters. The average molecular weight is 276 g/mol. The van der Waals surface area contributed by atoms with Gasteiger partial charge in [-0.2, -0.15) is 0 Å². The van der Waals surface area contributed by atoms with E-state index >= 15 is 0 Å². The highest BCUT2D eigenvalue weighted by Gasteiger charge is 2.10. The van der Waals surface area contributed by atoms with E-state index in [0.717, 1.165) is 13.0 Å². The summed E-state index contributed by atoms with van der Waals surface area (Å²) in [5.74, 6) is -0.306. The van der Waals surface area contributed by atoms with Crippen LogP contribution in [-0.4, -0.2) is 18.2 Å². The number of aliphatic hydroxyl groups is 1.